The summed E-state index contributed by atoms with van der Waals surface area (Å²) in [5.74, 6) is 1.98. The Morgan fingerprint density at radius 3 is 2.95 bits per heavy atom. The standard InChI is InChI=1S/C16H22BrN3O/c1-3-7-18-12-13-11-14(17)4-5-15(13)21-10-6-16-19-8-9-20(16)2/h4-5,8-9,11,18H,3,6-7,10,12H2,1-2H3. The highest BCUT2D eigenvalue weighted by molar-refractivity contribution is 9.10. The zero-order chi connectivity index (χ0) is 15.1. The van der Waals surface area contributed by atoms with Crippen LogP contribution in [-0.2, 0) is 20.0 Å². The summed E-state index contributed by atoms with van der Waals surface area (Å²) in [6.45, 7) is 4.63. The van der Waals surface area contributed by atoms with E-state index in [2.05, 4.69) is 39.2 Å². The third kappa shape index (κ3) is 4.86. The van der Waals surface area contributed by atoms with Gasteiger partial charge in [0, 0.05) is 42.4 Å². The normalized spacial score (nSPS) is 10.8. The van der Waals surface area contributed by atoms with Crippen LogP contribution in [0.15, 0.2) is 35.1 Å². The van der Waals surface area contributed by atoms with Crippen molar-refractivity contribution in [1.29, 1.82) is 0 Å². The molecule has 0 bridgehead atoms. The van der Waals surface area contributed by atoms with E-state index in [9.17, 15) is 0 Å². The number of rotatable bonds is 8. The molecule has 0 saturated heterocycles. The third-order valence-corrected chi connectivity index (χ3v) is 3.76. The van der Waals surface area contributed by atoms with E-state index in [0.29, 0.717) is 6.61 Å². The van der Waals surface area contributed by atoms with Crippen molar-refractivity contribution < 1.29 is 4.74 Å². The van der Waals surface area contributed by atoms with Crippen molar-refractivity contribution in [2.45, 2.75) is 26.3 Å². The van der Waals surface area contributed by atoms with E-state index in [1.54, 1.807) is 0 Å². The second-order valence-corrected chi connectivity index (χ2v) is 5.90. The van der Waals surface area contributed by atoms with E-state index in [0.717, 1.165) is 42.0 Å². The predicted molar refractivity (Wildman–Crippen MR) is 88.5 cm³/mol. The largest absolute Gasteiger partial charge is 0.493 e. The molecule has 2 aromatic rings. The summed E-state index contributed by atoms with van der Waals surface area (Å²) < 4.78 is 9.04. The molecule has 1 aromatic heterocycles. The van der Waals surface area contributed by atoms with E-state index in [-0.39, 0.29) is 0 Å². The van der Waals surface area contributed by atoms with Crippen LogP contribution in [0.3, 0.4) is 0 Å². The maximum Gasteiger partial charge on any atom is 0.123 e. The average Bonchev–Trinajstić information content (AvgIpc) is 2.87. The lowest BCUT2D eigenvalue weighted by Gasteiger charge is -2.12. The van der Waals surface area contributed by atoms with Crippen LogP contribution < -0.4 is 10.1 Å². The monoisotopic (exact) mass is 351 g/mol. The summed E-state index contributed by atoms with van der Waals surface area (Å²) in [5.41, 5.74) is 1.18. The smallest absolute Gasteiger partial charge is 0.123 e. The van der Waals surface area contributed by atoms with Crippen molar-refractivity contribution in [3.05, 3.63) is 46.5 Å². The van der Waals surface area contributed by atoms with E-state index in [1.165, 1.54) is 5.56 Å². The SMILES string of the molecule is CCCNCc1cc(Br)ccc1OCCc1nccn1C. The predicted octanol–water partition coefficient (Wildman–Crippen LogP) is 3.30. The van der Waals surface area contributed by atoms with Crippen LogP contribution >= 0.6 is 15.9 Å². The minimum Gasteiger partial charge on any atom is -0.493 e. The van der Waals surface area contributed by atoms with Crippen LogP contribution in [0, 0.1) is 0 Å². The summed E-state index contributed by atoms with van der Waals surface area (Å²) >= 11 is 3.52. The van der Waals surface area contributed by atoms with E-state index in [4.69, 9.17) is 4.74 Å². The molecule has 1 N–H and O–H groups in total. The highest BCUT2D eigenvalue weighted by Crippen LogP contribution is 2.23. The van der Waals surface area contributed by atoms with Crippen LogP contribution in [0.5, 0.6) is 5.75 Å². The summed E-state index contributed by atoms with van der Waals surface area (Å²) in [4.78, 5) is 4.31. The quantitative estimate of drug-likeness (QED) is 0.741. The maximum absolute atomic E-state index is 5.94. The molecular formula is C16H22BrN3O. The number of hydrogen-bond acceptors (Lipinski definition) is 3. The number of aromatic nitrogens is 2. The molecule has 0 aliphatic carbocycles. The van der Waals surface area contributed by atoms with Crippen molar-refractivity contribution in [3.8, 4) is 5.75 Å². The highest BCUT2D eigenvalue weighted by atomic mass is 79.9. The lowest BCUT2D eigenvalue weighted by molar-refractivity contribution is 0.313. The Balaban J connectivity index is 1.93. The van der Waals surface area contributed by atoms with Gasteiger partial charge in [0.2, 0.25) is 0 Å². The van der Waals surface area contributed by atoms with Gasteiger partial charge in [-0.2, -0.15) is 0 Å². The van der Waals surface area contributed by atoms with Crippen LogP contribution in [0.4, 0.5) is 0 Å². The molecule has 2 rings (SSSR count). The van der Waals surface area contributed by atoms with Gasteiger partial charge in [0.25, 0.3) is 0 Å². The van der Waals surface area contributed by atoms with Gasteiger partial charge < -0.3 is 14.6 Å². The highest BCUT2D eigenvalue weighted by Gasteiger charge is 2.06. The minimum atomic E-state index is 0.632. The minimum absolute atomic E-state index is 0.632. The van der Waals surface area contributed by atoms with Crippen LogP contribution in [0.1, 0.15) is 24.7 Å². The lowest BCUT2D eigenvalue weighted by Crippen LogP contribution is -2.15. The molecular weight excluding hydrogens is 330 g/mol. The summed E-state index contributed by atoms with van der Waals surface area (Å²) in [6, 6.07) is 6.14. The van der Waals surface area contributed by atoms with Gasteiger partial charge in [-0.3, -0.25) is 0 Å². The fourth-order valence-electron chi connectivity index (χ4n) is 2.12. The Labute approximate surface area is 134 Å². The van der Waals surface area contributed by atoms with Crippen molar-refractivity contribution in [1.82, 2.24) is 14.9 Å². The van der Waals surface area contributed by atoms with Gasteiger partial charge in [0.1, 0.15) is 11.6 Å². The molecule has 0 unspecified atom stereocenters. The molecule has 114 valence electrons. The Kier molecular flexibility index (Phi) is 6.26. The molecule has 0 spiro atoms. The van der Waals surface area contributed by atoms with Crippen molar-refractivity contribution in [3.63, 3.8) is 0 Å². The van der Waals surface area contributed by atoms with Crippen molar-refractivity contribution in [2.75, 3.05) is 13.2 Å². The second kappa shape index (κ2) is 8.20. The van der Waals surface area contributed by atoms with Gasteiger partial charge in [0.05, 0.1) is 6.61 Å². The number of nitrogens with zero attached hydrogens (tertiary/aromatic N) is 2. The van der Waals surface area contributed by atoms with E-state index >= 15 is 0 Å². The zero-order valence-electron chi connectivity index (χ0n) is 12.6. The van der Waals surface area contributed by atoms with Crippen molar-refractivity contribution >= 4 is 15.9 Å². The molecule has 0 saturated carbocycles. The first-order valence-corrected chi connectivity index (χ1v) is 8.08. The molecule has 4 nitrogen and oxygen atoms in total. The molecule has 1 heterocycles. The molecule has 21 heavy (non-hydrogen) atoms. The van der Waals surface area contributed by atoms with Gasteiger partial charge in [-0.25, -0.2) is 4.98 Å². The van der Waals surface area contributed by atoms with Gasteiger partial charge in [-0.05, 0) is 31.2 Å². The molecule has 0 radical (unpaired) electrons. The van der Waals surface area contributed by atoms with E-state index in [1.807, 2.05) is 36.1 Å². The fourth-order valence-corrected chi connectivity index (χ4v) is 2.52. The van der Waals surface area contributed by atoms with Crippen LogP contribution in [0.2, 0.25) is 0 Å². The van der Waals surface area contributed by atoms with Gasteiger partial charge in [0.15, 0.2) is 0 Å². The Hall–Kier alpha value is -1.33. The molecule has 0 aliphatic rings. The van der Waals surface area contributed by atoms with Crippen LogP contribution in [0.25, 0.3) is 0 Å². The summed E-state index contributed by atoms with van der Waals surface area (Å²) in [5, 5.41) is 3.41. The maximum atomic E-state index is 5.94. The number of ether oxygens (including phenoxy) is 1. The number of hydrogen-bond donors (Lipinski definition) is 1. The second-order valence-electron chi connectivity index (χ2n) is 4.98. The van der Waals surface area contributed by atoms with Gasteiger partial charge >= 0.3 is 0 Å². The first-order chi connectivity index (χ1) is 10.2. The number of halogens is 1. The Morgan fingerprint density at radius 2 is 2.24 bits per heavy atom. The molecule has 5 heteroatoms. The Bertz CT molecular complexity index is 568. The third-order valence-electron chi connectivity index (χ3n) is 3.27. The number of imidazole rings is 1. The molecule has 1 aromatic carbocycles. The van der Waals surface area contributed by atoms with Crippen LogP contribution in [-0.4, -0.2) is 22.7 Å². The topological polar surface area (TPSA) is 39.1 Å². The van der Waals surface area contributed by atoms with Crippen molar-refractivity contribution in [2.24, 2.45) is 7.05 Å². The fraction of sp³-hybridized carbons (Fsp3) is 0.438. The number of benzene rings is 1. The molecule has 0 fully saturated rings. The lowest BCUT2D eigenvalue weighted by atomic mass is 10.2. The number of aryl methyl sites for hydroxylation is 1. The van der Waals surface area contributed by atoms with E-state index < -0.39 is 0 Å². The summed E-state index contributed by atoms with van der Waals surface area (Å²) in [7, 11) is 2.00. The molecule has 0 aliphatic heterocycles. The number of nitrogens with one attached hydrogen (secondary N) is 1. The van der Waals surface area contributed by atoms with Gasteiger partial charge in [-0.15, -0.1) is 0 Å². The first kappa shape index (κ1) is 16.0. The average molecular weight is 352 g/mol. The Morgan fingerprint density at radius 1 is 1.38 bits per heavy atom. The zero-order valence-corrected chi connectivity index (χ0v) is 14.2. The molecule has 0 amide bonds. The van der Waals surface area contributed by atoms with Gasteiger partial charge in [-0.1, -0.05) is 22.9 Å². The first-order valence-electron chi connectivity index (χ1n) is 7.29. The molecule has 0 atom stereocenters. The summed E-state index contributed by atoms with van der Waals surface area (Å²) in [6.07, 6.45) is 5.70.